The highest BCUT2D eigenvalue weighted by molar-refractivity contribution is 9.10. The van der Waals surface area contributed by atoms with Gasteiger partial charge in [-0.05, 0) is 52.0 Å². The van der Waals surface area contributed by atoms with Gasteiger partial charge in [0.25, 0.3) is 0 Å². The molecule has 0 aliphatic carbocycles. The highest BCUT2D eigenvalue weighted by Gasteiger charge is 2.09. The normalized spacial score (nSPS) is 12.1. The lowest BCUT2D eigenvalue weighted by molar-refractivity contribution is 0.581. The second-order valence-electron chi connectivity index (χ2n) is 4.04. The van der Waals surface area contributed by atoms with Crippen molar-refractivity contribution in [1.29, 1.82) is 5.26 Å². The summed E-state index contributed by atoms with van der Waals surface area (Å²) in [5.41, 5.74) is 1.89. The van der Waals surface area contributed by atoms with Crippen molar-refractivity contribution in [1.82, 2.24) is 5.32 Å². The van der Waals surface area contributed by atoms with Crippen LogP contribution in [-0.2, 0) is 6.54 Å². The molecule has 0 saturated carbocycles. The van der Waals surface area contributed by atoms with Crippen LogP contribution in [0.15, 0.2) is 40.2 Å². The Morgan fingerprint density at radius 2 is 2.06 bits per heavy atom. The molecule has 1 unspecified atom stereocenters. The van der Waals surface area contributed by atoms with E-state index in [9.17, 15) is 0 Å². The molecule has 0 radical (unpaired) electrons. The Morgan fingerprint density at radius 1 is 1.33 bits per heavy atom. The van der Waals surface area contributed by atoms with E-state index in [1.807, 2.05) is 24.3 Å². The monoisotopic (exact) mass is 320 g/mol. The number of halogens is 1. The van der Waals surface area contributed by atoms with Crippen molar-refractivity contribution >= 4 is 27.3 Å². The molecule has 0 aliphatic rings. The molecular formula is C14H13BrN2S. The summed E-state index contributed by atoms with van der Waals surface area (Å²) in [7, 11) is 0. The Kier molecular flexibility index (Phi) is 4.54. The van der Waals surface area contributed by atoms with Crippen molar-refractivity contribution < 1.29 is 0 Å². The minimum Gasteiger partial charge on any atom is -0.305 e. The van der Waals surface area contributed by atoms with Gasteiger partial charge in [0.05, 0.1) is 11.6 Å². The summed E-state index contributed by atoms with van der Waals surface area (Å²) in [6.45, 7) is 2.96. The first kappa shape index (κ1) is 13.3. The Labute approximate surface area is 119 Å². The Bertz CT molecular complexity index is 554. The Balaban J connectivity index is 1.95. The van der Waals surface area contributed by atoms with Gasteiger partial charge >= 0.3 is 0 Å². The zero-order valence-electron chi connectivity index (χ0n) is 9.98. The van der Waals surface area contributed by atoms with Gasteiger partial charge in [0.15, 0.2) is 0 Å². The number of hydrogen-bond donors (Lipinski definition) is 1. The second-order valence-corrected chi connectivity index (χ2v) is 5.85. The molecule has 18 heavy (non-hydrogen) atoms. The zero-order chi connectivity index (χ0) is 13.0. The molecule has 1 heterocycles. The molecule has 1 N–H and O–H groups in total. The van der Waals surface area contributed by atoms with E-state index in [0.29, 0.717) is 11.6 Å². The number of rotatable bonds is 4. The SMILES string of the molecule is CC(NCc1ccc(C#N)cc1)c1sccc1Br. The van der Waals surface area contributed by atoms with Crippen molar-refractivity contribution in [3.63, 3.8) is 0 Å². The van der Waals surface area contributed by atoms with Gasteiger partial charge in [0, 0.05) is 21.9 Å². The lowest BCUT2D eigenvalue weighted by Crippen LogP contribution is -2.17. The maximum atomic E-state index is 8.73. The summed E-state index contributed by atoms with van der Waals surface area (Å²) in [6, 6.07) is 12.2. The summed E-state index contributed by atoms with van der Waals surface area (Å²) < 4.78 is 1.16. The molecule has 1 aromatic heterocycles. The second kappa shape index (κ2) is 6.14. The minimum absolute atomic E-state index is 0.315. The molecular weight excluding hydrogens is 308 g/mol. The highest BCUT2D eigenvalue weighted by Crippen LogP contribution is 2.28. The van der Waals surface area contributed by atoms with Crippen LogP contribution in [0.3, 0.4) is 0 Å². The fraction of sp³-hybridized carbons (Fsp3) is 0.214. The lowest BCUT2D eigenvalue weighted by atomic mass is 10.1. The smallest absolute Gasteiger partial charge is 0.0991 e. The van der Waals surface area contributed by atoms with Gasteiger partial charge in [-0.3, -0.25) is 0 Å². The van der Waals surface area contributed by atoms with E-state index in [1.165, 1.54) is 10.4 Å². The van der Waals surface area contributed by atoms with Crippen LogP contribution in [0.4, 0.5) is 0 Å². The lowest BCUT2D eigenvalue weighted by Gasteiger charge is -2.13. The summed E-state index contributed by atoms with van der Waals surface area (Å²) >= 11 is 5.29. The summed E-state index contributed by atoms with van der Waals surface area (Å²) in [6.07, 6.45) is 0. The predicted molar refractivity (Wildman–Crippen MR) is 78.4 cm³/mol. The van der Waals surface area contributed by atoms with E-state index in [-0.39, 0.29) is 0 Å². The van der Waals surface area contributed by atoms with Crippen molar-refractivity contribution in [3.05, 3.63) is 56.2 Å². The number of hydrogen-bond acceptors (Lipinski definition) is 3. The zero-order valence-corrected chi connectivity index (χ0v) is 12.4. The maximum absolute atomic E-state index is 8.73. The van der Waals surface area contributed by atoms with Crippen LogP contribution >= 0.6 is 27.3 Å². The van der Waals surface area contributed by atoms with Crippen LogP contribution in [0.5, 0.6) is 0 Å². The third-order valence-corrected chi connectivity index (χ3v) is 4.79. The predicted octanol–water partition coefficient (Wildman–Crippen LogP) is 4.23. The van der Waals surface area contributed by atoms with Gasteiger partial charge in [0.2, 0.25) is 0 Å². The van der Waals surface area contributed by atoms with Gasteiger partial charge < -0.3 is 5.32 Å². The first-order chi connectivity index (χ1) is 8.70. The fourth-order valence-electron chi connectivity index (χ4n) is 1.68. The van der Waals surface area contributed by atoms with Crippen molar-refractivity contribution in [3.8, 4) is 6.07 Å². The van der Waals surface area contributed by atoms with Crippen molar-refractivity contribution in [2.24, 2.45) is 0 Å². The topological polar surface area (TPSA) is 35.8 Å². The molecule has 2 rings (SSSR count). The highest BCUT2D eigenvalue weighted by atomic mass is 79.9. The molecule has 0 spiro atoms. The largest absolute Gasteiger partial charge is 0.305 e. The average Bonchev–Trinajstić information content (AvgIpc) is 2.83. The number of nitrogens with zero attached hydrogens (tertiary/aromatic N) is 1. The van der Waals surface area contributed by atoms with Gasteiger partial charge in [-0.1, -0.05) is 12.1 Å². The number of nitrogens with one attached hydrogen (secondary N) is 1. The van der Waals surface area contributed by atoms with Crippen LogP contribution in [-0.4, -0.2) is 0 Å². The maximum Gasteiger partial charge on any atom is 0.0991 e. The molecule has 1 atom stereocenters. The molecule has 92 valence electrons. The van der Waals surface area contributed by atoms with Gasteiger partial charge in [-0.25, -0.2) is 0 Å². The minimum atomic E-state index is 0.315. The van der Waals surface area contributed by atoms with E-state index >= 15 is 0 Å². The van der Waals surface area contributed by atoms with E-state index < -0.39 is 0 Å². The molecule has 4 heteroatoms. The van der Waals surface area contributed by atoms with E-state index in [2.05, 4.69) is 45.7 Å². The number of benzene rings is 1. The fourth-order valence-corrected chi connectivity index (χ4v) is 3.42. The number of thiophene rings is 1. The Morgan fingerprint density at radius 3 is 2.61 bits per heavy atom. The van der Waals surface area contributed by atoms with E-state index in [4.69, 9.17) is 5.26 Å². The third kappa shape index (κ3) is 3.20. The van der Waals surface area contributed by atoms with Gasteiger partial charge in [0.1, 0.15) is 0 Å². The molecule has 0 fully saturated rings. The van der Waals surface area contributed by atoms with E-state index in [1.54, 1.807) is 11.3 Å². The van der Waals surface area contributed by atoms with Crippen molar-refractivity contribution in [2.75, 3.05) is 0 Å². The Hall–Kier alpha value is -1.15. The van der Waals surface area contributed by atoms with Crippen LogP contribution in [0.1, 0.15) is 29.0 Å². The quantitative estimate of drug-likeness (QED) is 0.914. The summed E-state index contributed by atoms with van der Waals surface area (Å²) in [4.78, 5) is 1.31. The van der Waals surface area contributed by atoms with Gasteiger partial charge in [-0.2, -0.15) is 5.26 Å². The summed E-state index contributed by atoms with van der Waals surface area (Å²) in [5, 5.41) is 14.3. The average molecular weight is 321 g/mol. The molecule has 0 saturated heterocycles. The van der Waals surface area contributed by atoms with Gasteiger partial charge in [-0.15, -0.1) is 11.3 Å². The third-order valence-electron chi connectivity index (χ3n) is 2.73. The van der Waals surface area contributed by atoms with Crippen LogP contribution in [0, 0.1) is 11.3 Å². The molecule has 0 bridgehead atoms. The first-order valence-electron chi connectivity index (χ1n) is 5.66. The molecule has 1 aromatic carbocycles. The first-order valence-corrected chi connectivity index (χ1v) is 7.33. The van der Waals surface area contributed by atoms with Crippen LogP contribution in [0.2, 0.25) is 0 Å². The molecule has 2 nitrogen and oxygen atoms in total. The van der Waals surface area contributed by atoms with Crippen molar-refractivity contribution in [2.45, 2.75) is 19.5 Å². The summed E-state index contributed by atoms with van der Waals surface area (Å²) in [5.74, 6) is 0. The standard InChI is InChI=1S/C14H13BrN2S/c1-10(14-13(15)6-7-18-14)17-9-12-4-2-11(8-16)3-5-12/h2-7,10,17H,9H2,1H3. The molecule has 2 aromatic rings. The van der Waals surface area contributed by atoms with E-state index in [0.717, 1.165) is 11.0 Å². The van der Waals surface area contributed by atoms with Crippen LogP contribution < -0.4 is 5.32 Å². The van der Waals surface area contributed by atoms with Crippen LogP contribution in [0.25, 0.3) is 0 Å². The molecule has 0 aliphatic heterocycles. The number of nitriles is 1. The molecule has 0 amide bonds.